The van der Waals surface area contributed by atoms with Crippen molar-refractivity contribution in [2.75, 3.05) is 38.6 Å². The molecular formula is C37H41F2N5O4. The average Bonchev–Trinajstić information content (AvgIpc) is 3.73. The highest BCUT2D eigenvalue weighted by Crippen LogP contribution is 2.38. The third kappa shape index (κ3) is 6.69. The van der Waals surface area contributed by atoms with E-state index in [4.69, 9.17) is 9.15 Å². The molecule has 0 spiro atoms. The normalized spacial score (nSPS) is 22.6. The molecule has 2 amide bonds. The van der Waals surface area contributed by atoms with Crippen LogP contribution in [0.4, 0.5) is 14.5 Å². The number of imide groups is 1. The number of amides is 2. The second-order valence-electron chi connectivity index (χ2n) is 13.3. The Hall–Kier alpha value is -4.27. The molecular weight excluding hydrogens is 616 g/mol. The van der Waals surface area contributed by atoms with Gasteiger partial charge in [0.25, 0.3) is 6.43 Å². The van der Waals surface area contributed by atoms with E-state index < -0.39 is 12.3 Å². The van der Waals surface area contributed by atoms with E-state index in [1.54, 1.807) is 24.2 Å². The van der Waals surface area contributed by atoms with Crippen LogP contribution in [0.15, 0.2) is 47.2 Å². The first-order chi connectivity index (χ1) is 23.4. The van der Waals surface area contributed by atoms with Gasteiger partial charge in [-0.2, -0.15) is 5.10 Å². The number of carbonyl (C=O) groups is 2. The highest BCUT2D eigenvalue weighted by atomic mass is 19.3. The summed E-state index contributed by atoms with van der Waals surface area (Å²) in [5.41, 5.74) is 2.65. The number of carbonyl (C=O) groups excluding carboxylic acids is 2. The summed E-state index contributed by atoms with van der Waals surface area (Å²) < 4.78 is 40.4. The smallest absolute Gasteiger partial charge is 0.284 e. The number of furan rings is 1. The Labute approximate surface area is 278 Å². The van der Waals surface area contributed by atoms with Gasteiger partial charge in [0.15, 0.2) is 5.69 Å². The topological polar surface area (TPSA) is 102 Å². The van der Waals surface area contributed by atoms with Gasteiger partial charge in [0.05, 0.1) is 30.0 Å². The number of aromatic nitrogens is 2. The maximum Gasteiger partial charge on any atom is 0.284 e. The Morgan fingerprint density at radius 2 is 1.88 bits per heavy atom. The van der Waals surface area contributed by atoms with Crippen molar-refractivity contribution in [3.63, 3.8) is 0 Å². The molecule has 9 nitrogen and oxygen atoms in total. The number of rotatable bonds is 8. The van der Waals surface area contributed by atoms with Crippen molar-refractivity contribution < 1.29 is 27.5 Å². The second-order valence-corrected chi connectivity index (χ2v) is 13.3. The molecule has 11 heteroatoms. The van der Waals surface area contributed by atoms with Crippen LogP contribution in [0.5, 0.6) is 0 Å². The van der Waals surface area contributed by atoms with Gasteiger partial charge >= 0.3 is 0 Å². The molecule has 1 aliphatic carbocycles. The number of anilines is 1. The number of likely N-dealkylation sites (tertiary alicyclic amines) is 1. The van der Waals surface area contributed by atoms with E-state index in [2.05, 4.69) is 32.5 Å². The summed E-state index contributed by atoms with van der Waals surface area (Å²) in [6, 6.07) is 10.1. The lowest BCUT2D eigenvalue weighted by Crippen LogP contribution is -2.40. The maximum atomic E-state index is 13.3. The first-order valence-electron chi connectivity index (χ1n) is 17.0. The molecule has 2 aromatic heterocycles. The lowest BCUT2D eigenvalue weighted by Gasteiger charge is -2.36. The summed E-state index contributed by atoms with van der Waals surface area (Å²) in [6.45, 7) is 3.43. The number of hydrogen-bond acceptors (Lipinski definition) is 7. The predicted molar refractivity (Wildman–Crippen MR) is 179 cm³/mol. The van der Waals surface area contributed by atoms with Crippen molar-refractivity contribution in [2.24, 2.45) is 5.92 Å². The van der Waals surface area contributed by atoms with Crippen molar-refractivity contribution >= 4 is 39.2 Å². The molecule has 2 saturated heterocycles. The van der Waals surface area contributed by atoms with Crippen LogP contribution < -0.4 is 10.6 Å². The molecule has 2 aliphatic heterocycles. The van der Waals surface area contributed by atoms with E-state index in [0.29, 0.717) is 36.6 Å². The summed E-state index contributed by atoms with van der Waals surface area (Å²) in [4.78, 5) is 26.9. The van der Waals surface area contributed by atoms with E-state index in [-0.39, 0.29) is 29.7 Å². The zero-order chi connectivity index (χ0) is 33.2. The van der Waals surface area contributed by atoms with Crippen LogP contribution in [0.1, 0.15) is 86.6 Å². The summed E-state index contributed by atoms with van der Waals surface area (Å²) >= 11 is 0. The quantitative estimate of drug-likeness (QED) is 0.164. The summed E-state index contributed by atoms with van der Waals surface area (Å²) in [5.74, 6) is 6.19. The highest BCUT2D eigenvalue weighted by molar-refractivity contribution is 6.11. The van der Waals surface area contributed by atoms with Crippen LogP contribution >= 0.6 is 0 Å². The standard InChI is InChI=1S/C37H41F2N5O4/c1-40-31-21-44(42-35(31)36(38)39)25-9-7-23(8-10-25)20-43-17-15-26(16-18-43)47-19-3-5-24-4-2-6-28-27(24)11-13-32-34(28)30(22-48-32)29-12-14-33(45)41-37(29)46/h2,4,6,11,13,21-23,25-26,29,36,40H,7-10,12,14-20H2,1H3,(H,41,45,46). The van der Waals surface area contributed by atoms with Crippen LogP contribution in [0.3, 0.4) is 0 Å². The van der Waals surface area contributed by atoms with Gasteiger partial charge < -0.3 is 19.4 Å². The summed E-state index contributed by atoms with van der Waals surface area (Å²) in [6.07, 6.45) is 7.78. The highest BCUT2D eigenvalue weighted by Gasteiger charge is 2.31. The molecule has 252 valence electrons. The van der Waals surface area contributed by atoms with Gasteiger partial charge in [-0.3, -0.25) is 19.6 Å². The SMILES string of the molecule is CNc1cn(C2CCC(CN3CCC(OCC#Cc4cccc5c4ccc4occ(C6CCC(=O)NC6=O)c45)CC3)CC2)nc1C(F)F. The van der Waals surface area contributed by atoms with E-state index in [1.165, 1.54) is 0 Å². The van der Waals surface area contributed by atoms with Crippen LogP contribution in [0.2, 0.25) is 0 Å². The van der Waals surface area contributed by atoms with Crippen LogP contribution in [-0.4, -0.2) is 65.9 Å². The third-order valence-electron chi connectivity index (χ3n) is 10.3. The Bertz CT molecular complexity index is 1860. The molecule has 2 aromatic carbocycles. The molecule has 3 aliphatic rings. The minimum absolute atomic E-state index is 0.164. The van der Waals surface area contributed by atoms with Gasteiger partial charge in [0.1, 0.15) is 12.2 Å². The number of hydrogen-bond donors (Lipinski definition) is 2. The second kappa shape index (κ2) is 14.1. The molecule has 2 N–H and O–H groups in total. The molecule has 1 saturated carbocycles. The molecule has 3 fully saturated rings. The lowest BCUT2D eigenvalue weighted by atomic mass is 9.85. The number of ether oxygens (including phenoxy) is 1. The van der Waals surface area contributed by atoms with E-state index in [1.807, 2.05) is 30.3 Å². The van der Waals surface area contributed by atoms with Gasteiger partial charge in [-0.1, -0.05) is 24.0 Å². The number of nitrogens with one attached hydrogen (secondary N) is 2. The average molecular weight is 658 g/mol. The number of alkyl halides is 2. The molecule has 48 heavy (non-hydrogen) atoms. The molecule has 1 atom stereocenters. The van der Waals surface area contributed by atoms with Crippen molar-refractivity contribution in [3.05, 3.63) is 59.6 Å². The number of nitrogens with zero attached hydrogens (tertiary/aromatic N) is 3. The van der Waals surface area contributed by atoms with Gasteiger partial charge in [-0.25, -0.2) is 8.78 Å². The molecule has 0 radical (unpaired) electrons. The summed E-state index contributed by atoms with van der Waals surface area (Å²) in [7, 11) is 1.65. The Morgan fingerprint density at radius 3 is 2.60 bits per heavy atom. The molecule has 1 unspecified atom stereocenters. The fraction of sp³-hybridized carbons (Fsp3) is 0.486. The number of benzene rings is 2. The Kier molecular flexibility index (Phi) is 9.46. The third-order valence-corrected chi connectivity index (χ3v) is 10.3. The lowest BCUT2D eigenvalue weighted by molar-refractivity contribution is -0.134. The zero-order valence-corrected chi connectivity index (χ0v) is 27.1. The Morgan fingerprint density at radius 1 is 1.06 bits per heavy atom. The monoisotopic (exact) mass is 657 g/mol. The predicted octanol–water partition coefficient (Wildman–Crippen LogP) is 6.55. The fourth-order valence-corrected chi connectivity index (χ4v) is 7.73. The van der Waals surface area contributed by atoms with E-state index >= 15 is 0 Å². The minimum Gasteiger partial charge on any atom is -0.464 e. The largest absolute Gasteiger partial charge is 0.464 e. The van der Waals surface area contributed by atoms with Gasteiger partial charge in [-0.15, -0.1) is 0 Å². The first-order valence-corrected chi connectivity index (χ1v) is 17.0. The van der Waals surface area contributed by atoms with Crippen molar-refractivity contribution in [3.8, 4) is 11.8 Å². The molecule has 0 bridgehead atoms. The number of halogens is 2. The molecule has 7 rings (SSSR count). The number of piperidine rings is 2. The van der Waals surface area contributed by atoms with Gasteiger partial charge in [-0.05, 0) is 79.8 Å². The van der Waals surface area contributed by atoms with Gasteiger partial charge in [0, 0.05) is 55.8 Å². The van der Waals surface area contributed by atoms with E-state index in [0.717, 1.165) is 85.4 Å². The number of fused-ring (bicyclic) bond motifs is 3. The van der Waals surface area contributed by atoms with Crippen LogP contribution in [0.25, 0.3) is 21.7 Å². The zero-order valence-electron chi connectivity index (χ0n) is 27.1. The molecule has 4 aromatic rings. The maximum absolute atomic E-state index is 13.3. The fourth-order valence-electron chi connectivity index (χ4n) is 7.73. The minimum atomic E-state index is -2.58. The Balaban J connectivity index is 0.899. The van der Waals surface area contributed by atoms with E-state index in [9.17, 15) is 18.4 Å². The first kappa shape index (κ1) is 32.3. The summed E-state index contributed by atoms with van der Waals surface area (Å²) in [5, 5.41) is 12.3. The van der Waals surface area contributed by atoms with Crippen LogP contribution in [0, 0.1) is 17.8 Å². The van der Waals surface area contributed by atoms with Crippen molar-refractivity contribution in [2.45, 2.75) is 75.9 Å². The van der Waals surface area contributed by atoms with Crippen molar-refractivity contribution in [1.29, 1.82) is 0 Å². The molecule has 4 heterocycles. The van der Waals surface area contributed by atoms with Gasteiger partial charge in [0.2, 0.25) is 11.8 Å². The van der Waals surface area contributed by atoms with Crippen LogP contribution in [-0.2, 0) is 14.3 Å². The van der Waals surface area contributed by atoms with Crippen molar-refractivity contribution in [1.82, 2.24) is 20.0 Å².